The first-order valence-electron chi connectivity index (χ1n) is 7.26. The number of hydrogen-bond acceptors (Lipinski definition) is 5. The molecule has 2 aliphatic heterocycles. The summed E-state index contributed by atoms with van der Waals surface area (Å²) in [5.74, 6) is 0.761. The molecule has 0 radical (unpaired) electrons. The number of nitrogens with zero attached hydrogens (tertiary/aromatic N) is 3. The highest BCUT2D eigenvalue weighted by Gasteiger charge is 2.26. The molecule has 2 aliphatic rings. The molecule has 0 amide bonds. The second kappa shape index (κ2) is 6.03. The molecule has 2 fully saturated rings. The quantitative estimate of drug-likeness (QED) is 0.823. The Labute approximate surface area is 114 Å². The Hall–Kier alpha value is -0.910. The molecule has 5 nitrogen and oxygen atoms in total. The molecule has 0 saturated carbocycles. The number of hydrogen-bond donors (Lipinski definition) is 0. The fourth-order valence-corrected chi connectivity index (χ4v) is 3.13. The summed E-state index contributed by atoms with van der Waals surface area (Å²) in [6, 6.07) is 0.686. The van der Waals surface area contributed by atoms with Gasteiger partial charge in [-0.1, -0.05) is 0 Å². The maximum atomic E-state index is 5.44. The van der Waals surface area contributed by atoms with E-state index in [9.17, 15) is 0 Å². The topological polar surface area (TPSA) is 41.7 Å². The minimum Gasteiger partial charge on any atom is -0.449 e. The van der Waals surface area contributed by atoms with Crippen LogP contribution < -0.4 is 0 Å². The zero-order valence-electron chi connectivity index (χ0n) is 11.7. The van der Waals surface area contributed by atoms with Crippen molar-refractivity contribution in [3.63, 3.8) is 0 Å². The predicted molar refractivity (Wildman–Crippen MR) is 71.9 cm³/mol. The first kappa shape index (κ1) is 13.1. The molecule has 1 unspecified atom stereocenters. The fraction of sp³-hybridized carbons (Fsp3) is 0.786. The van der Waals surface area contributed by atoms with Crippen molar-refractivity contribution < 1.29 is 9.15 Å². The largest absolute Gasteiger partial charge is 0.449 e. The molecule has 0 spiro atoms. The lowest BCUT2D eigenvalue weighted by Gasteiger charge is -2.40. The number of aromatic nitrogens is 1. The van der Waals surface area contributed by atoms with Crippen LogP contribution in [0.4, 0.5) is 0 Å². The van der Waals surface area contributed by atoms with Gasteiger partial charge in [0.15, 0.2) is 5.89 Å². The first-order chi connectivity index (χ1) is 9.31. The third kappa shape index (κ3) is 3.35. The standard InChI is InChI=1S/C14H23N3O2/c1-12-15-13(11-19-12)9-16-4-2-3-14(10-16)17-5-7-18-8-6-17/h11,14H,2-10H2,1H3. The Morgan fingerprint density at radius 1 is 1.32 bits per heavy atom. The summed E-state index contributed by atoms with van der Waals surface area (Å²) in [6.45, 7) is 9.08. The smallest absolute Gasteiger partial charge is 0.191 e. The molecular weight excluding hydrogens is 242 g/mol. The highest BCUT2D eigenvalue weighted by molar-refractivity contribution is 4.96. The third-order valence-corrected chi connectivity index (χ3v) is 4.09. The summed E-state index contributed by atoms with van der Waals surface area (Å²) in [4.78, 5) is 9.49. The van der Waals surface area contributed by atoms with E-state index in [0.29, 0.717) is 6.04 Å². The molecule has 19 heavy (non-hydrogen) atoms. The van der Waals surface area contributed by atoms with Gasteiger partial charge in [-0.05, 0) is 19.4 Å². The molecule has 5 heteroatoms. The summed E-state index contributed by atoms with van der Waals surface area (Å²) >= 11 is 0. The van der Waals surface area contributed by atoms with Crippen molar-refractivity contribution in [2.75, 3.05) is 39.4 Å². The van der Waals surface area contributed by atoms with Gasteiger partial charge in [-0.25, -0.2) is 4.98 Å². The van der Waals surface area contributed by atoms with Crippen molar-refractivity contribution in [2.45, 2.75) is 32.4 Å². The average Bonchev–Trinajstić information content (AvgIpc) is 2.85. The monoisotopic (exact) mass is 265 g/mol. The maximum absolute atomic E-state index is 5.44. The van der Waals surface area contributed by atoms with Crippen LogP contribution in [-0.2, 0) is 11.3 Å². The highest BCUT2D eigenvalue weighted by atomic mass is 16.5. The fourth-order valence-electron chi connectivity index (χ4n) is 3.13. The van der Waals surface area contributed by atoms with Crippen LogP contribution in [0.5, 0.6) is 0 Å². The van der Waals surface area contributed by atoms with E-state index < -0.39 is 0 Å². The molecule has 1 atom stereocenters. The number of oxazole rings is 1. The van der Waals surface area contributed by atoms with E-state index in [4.69, 9.17) is 9.15 Å². The van der Waals surface area contributed by atoms with Crippen molar-refractivity contribution in [3.05, 3.63) is 17.8 Å². The lowest BCUT2D eigenvalue weighted by molar-refractivity contribution is -0.00372. The molecule has 3 heterocycles. The number of ether oxygens (including phenoxy) is 1. The van der Waals surface area contributed by atoms with Gasteiger partial charge in [0.25, 0.3) is 0 Å². The Kier molecular flexibility index (Phi) is 4.15. The minimum atomic E-state index is 0.686. The van der Waals surface area contributed by atoms with Crippen LogP contribution in [0.2, 0.25) is 0 Å². The third-order valence-electron chi connectivity index (χ3n) is 4.09. The van der Waals surface area contributed by atoms with Crippen molar-refractivity contribution in [1.29, 1.82) is 0 Å². The van der Waals surface area contributed by atoms with Gasteiger partial charge in [-0.15, -0.1) is 0 Å². The second-order valence-electron chi connectivity index (χ2n) is 5.54. The van der Waals surface area contributed by atoms with Gasteiger partial charge in [-0.2, -0.15) is 0 Å². The van der Waals surface area contributed by atoms with E-state index in [1.54, 1.807) is 6.26 Å². The highest BCUT2D eigenvalue weighted by Crippen LogP contribution is 2.18. The Morgan fingerprint density at radius 2 is 2.16 bits per heavy atom. The van der Waals surface area contributed by atoms with Gasteiger partial charge in [0, 0.05) is 39.1 Å². The van der Waals surface area contributed by atoms with Gasteiger partial charge in [0.1, 0.15) is 6.26 Å². The van der Waals surface area contributed by atoms with E-state index in [0.717, 1.165) is 51.0 Å². The number of morpholine rings is 1. The number of rotatable bonds is 3. The average molecular weight is 265 g/mol. The van der Waals surface area contributed by atoms with Crippen LogP contribution >= 0.6 is 0 Å². The molecule has 0 bridgehead atoms. The Bertz CT molecular complexity index is 401. The molecular formula is C14H23N3O2. The number of piperidine rings is 1. The van der Waals surface area contributed by atoms with Crippen LogP contribution in [0.3, 0.4) is 0 Å². The molecule has 0 aromatic carbocycles. The molecule has 0 aliphatic carbocycles. The van der Waals surface area contributed by atoms with Crippen molar-refractivity contribution >= 4 is 0 Å². The van der Waals surface area contributed by atoms with Crippen LogP contribution in [0.15, 0.2) is 10.7 Å². The zero-order valence-corrected chi connectivity index (χ0v) is 11.7. The summed E-state index contributed by atoms with van der Waals surface area (Å²) in [7, 11) is 0. The second-order valence-corrected chi connectivity index (χ2v) is 5.54. The van der Waals surface area contributed by atoms with Crippen molar-refractivity contribution in [1.82, 2.24) is 14.8 Å². The summed E-state index contributed by atoms with van der Waals surface area (Å²) in [6.07, 6.45) is 4.38. The predicted octanol–water partition coefficient (Wildman–Crippen LogP) is 1.28. The number of aryl methyl sites for hydroxylation is 1. The zero-order chi connectivity index (χ0) is 13.1. The molecule has 0 N–H and O–H groups in total. The molecule has 3 rings (SSSR count). The van der Waals surface area contributed by atoms with E-state index in [2.05, 4.69) is 14.8 Å². The van der Waals surface area contributed by atoms with Gasteiger partial charge in [0.2, 0.25) is 0 Å². The van der Waals surface area contributed by atoms with Crippen molar-refractivity contribution in [3.8, 4) is 0 Å². The van der Waals surface area contributed by atoms with E-state index in [-0.39, 0.29) is 0 Å². The van der Waals surface area contributed by atoms with Gasteiger partial charge >= 0.3 is 0 Å². The van der Waals surface area contributed by atoms with E-state index >= 15 is 0 Å². The molecule has 1 aromatic heterocycles. The summed E-state index contributed by atoms with van der Waals surface area (Å²) in [5.41, 5.74) is 1.06. The Morgan fingerprint density at radius 3 is 2.89 bits per heavy atom. The molecule has 1 aromatic rings. The van der Waals surface area contributed by atoms with Crippen molar-refractivity contribution in [2.24, 2.45) is 0 Å². The SMILES string of the molecule is Cc1nc(CN2CCCC(N3CCOCC3)C2)co1. The van der Waals surface area contributed by atoms with Crippen LogP contribution in [0, 0.1) is 6.92 Å². The lowest BCUT2D eigenvalue weighted by atomic mass is 10.0. The van der Waals surface area contributed by atoms with Gasteiger partial charge in [-0.3, -0.25) is 9.80 Å². The van der Waals surface area contributed by atoms with Gasteiger partial charge < -0.3 is 9.15 Å². The Balaban J connectivity index is 1.55. The minimum absolute atomic E-state index is 0.686. The summed E-state index contributed by atoms with van der Waals surface area (Å²) < 4.78 is 10.7. The van der Waals surface area contributed by atoms with E-state index in [1.807, 2.05) is 6.92 Å². The maximum Gasteiger partial charge on any atom is 0.191 e. The first-order valence-corrected chi connectivity index (χ1v) is 7.26. The lowest BCUT2D eigenvalue weighted by Crippen LogP contribution is -2.51. The van der Waals surface area contributed by atoms with Crippen LogP contribution in [0.1, 0.15) is 24.4 Å². The normalized spacial score (nSPS) is 26.7. The van der Waals surface area contributed by atoms with Crippen LogP contribution in [-0.4, -0.2) is 60.2 Å². The van der Waals surface area contributed by atoms with Crippen LogP contribution in [0.25, 0.3) is 0 Å². The van der Waals surface area contributed by atoms with Gasteiger partial charge in [0.05, 0.1) is 18.9 Å². The van der Waals surface area contributed by atoms with E-state index in [1.165, 1.54) is 19.4 Å². The number of likely N-dealkylation sites (tertiary alicyclic amines) is 1. The molecule has 106 valence electrons. The molecule has 2 saturated heterocycles. The summed E-state index contributed by atoms with van der Waals surface area (Å²) in [5, 5.41) is 0.